The average molecular weight is 287 g/mol. The Bertz CT molecular complexity index is 622. The number of aromatic nitrogens is 1. The Hall–Kier alpha value is -1.09. The van der Waals surface area contributed by atoms with Crippen LogP contribution in [-0.4, -0.2) is 17.8 Å². The predicted octanol–water partition coefficient (Wildman–Crippen LogP) is 3.37. The minimum atomic E-state index is -0.0786. The molecule has 0 bridgehead atoms. The molecule has 3 aliphatic rings. The van der Waals surface area contributed by atoms with Crippen molar-refractivity contribution in [3.8, 4) is 0 Å². The average Bonchev–Trinajstić information content (AvgIpc) is 3.09. The van der Waals surface area contributed by atoms with Gasteiger partial charge in [-0.25, -0.2) is 0 Å². The summed E-state index contributed by atoms with van der Waals surface area (Å²) in [4.78, 5) is 12.9. The summed E-state index contributed by atoms with van der Waals surface area (Å²) in [5.74, 6) is 0.694. The largest absolute Gasteiger partial charge is 0.380 e. The van der Waals surface area contributed by atoms with Crippen LogP contribution >= 0.6 is 0 Å². The van der Waals surface area contributed by atoms with E-state index in [0.717, 1.165) is 31.6 Å². The van der Waals surface area contributed by atoms with Gasteiger partial charge in [-0.05, 0) is 48.6 Å². The first-order chi connectivity index (χ1) is 9.88. The maximum absolute atomic E-state index is 12.9. The molecule has 4 rings (SSSR count). The summed E-state index contributed by atoms with van der Waals surface area (Å²) in [6.07, 6.45) is 6.95. The molecule has 0 N–H and O–H groups in total. The fourth-order valence-electron chi connectivity index (χ4n) is 3.84. The fraction of sp³-hybridized carbons (Fsp3) is 0.722. The minimum Gasteiger partial charge on any atom is -0.380 e. The Morgan fingerprint density at radius 2 is 1.90 bits per heavy atom. The van der Waals surface area contributed by atoms with Gasteiger partial charge in [-0.2, -0.15) is 0 Å². The van der Waals surface area contributed by atoms with Crippen molar-refractivity contribution in [1.29, 1.82) is 0 Å². The molecule has 1 aromatic rings. The van der Waals surface area contributed by atoms with Gasteiger partial charge in [-0.3, -0.25) is 4.79 Å². The second-order valence-corrected chi connectivity index (χ2v) is 8.48. The highest BCUT2D eigenvalue weighted by molar-refractivity contribution is 5.30. The van der Waals surface area contributed by atoms with E-state index in [4.69, 9.17) is 4.74 Å². The third-order valence-electron chi connectivity index (χ3n) is 5.47. The zero-order valence-corrected chi connectivity index (χ0v) is 13.3. The molecule has 3 heteroatoms. The zero-order chi connectivity index (χ0) is 14.8. The van der Waals surface area contributed by atoms with Crippen molar-refractivity contribution in [2.75, 3.05) is 13.2 Å². The van der Waals surface area contributed by atoms with E-state index < -0.39 is 0 Å². The molecule has 0 aromatic carbocycles. The van der Waals surface area contributed by atoms with Crippen LogP contribution in [0.1, 0.15) is 69.5 Å². The summed E-state index contributed by atoms with van der Waals surface area (Å²) in [5.41, 5.74) is 2.92. The molecule has 2 heterocycles. The summed E-state index contributed by atoms with van der Waals surface area (Å²) in [6.45, 7) is 8.23. The number of hydrogen-bond donors (Lipinski definition) is 0. The molecule has 2 aliphatic carbocycles. The molecule has 2 saturated carbocycles. The van der Waals surface area contributed by atoms with E-state index >= 15 is 0 Å². The van der Waals surface area contributed by atoms with Crippen LogP contribution in [-0.2, 0) is 10.2 Å². The Kier molecular flexibility index (Phi) is 2.73. The maximum atomic E-state index is 12.9. The number of nitrogens with zero attached hydrogens (tertiary/aromatic N) is 1. The summed E-state index contributed by atoms with van der Waals surface area (Å²) in [6, 6.07) is 2.57. The van der Waals surface area contributed by atoms with E-state index in [-0.39, 0.29) is 11.0 Å². The summed E-state index contributed by atoms with van der Waals surface area (Å²) in [5, 5.41) is 0. The van der Waals surface area contributed by atoms with E-state index in [1.807, 2.05) is 0 Å². The van der Waals surface area contributed by atoms with E-state index in [2.05, 4.69) is 37.6 Å². The molecule has 1 aromatic heterocycles. The molecule has 21 heavy (non-hydrogen) atoms. The molecule has 3 nitrogen and oxygen atoms in total. The highest BCUT2D eigenvalue weighted by Gasteiger charge is 2.50. The second kappa shape index (κ2) is 4.22. The highest BCUT2D eigenvalue weighted by Crippen LogP contribution is 2.53. The first-order valence-electron chi connectivity index (χ1n) is 8.22. The molecule has 114 valence electrons. The van der Waals surface area contributed by atoms with E-state index in [1.54, 1.807) is 0 Å². The Morgan fingerprint density at radius 3 is 2.38 bits per heavy atom. The van der Waals surface area contributed by atoms with Crippen molar-refractivity contribution in [2.24, 2.45) is 5.41 Å². The third-order valence-corrected chi connectivity index (χ3v) is 5.47. The van der Waals surface area contributed by atoms with Crippen molar-refractivity contribution < 1.29 is 4.74 Å². The monoisotopic (exact) mass is 287 g/mol. The fourth-order valence-corrected chi connectivity index (χ4v) is 3.84. The highest BCUT2D eigenvalue weighted by atomic mass is 16.5. The lowest BCUT2D eigenvalue weighted by molar-refractivity contribution is -0.174. The Balaban J connectivity index is 1.72. The first kappa shape index (κ1) is 13.6. The van der Waals surface area contributed by atoms with Crippen molar-refractivity contribution in [1.82, 2.24) is 4.57 Å². The SMILES string of the molecule is CC(C)(C)c1cc(C2CC2)cn(C2CC3(COC3)C2)c1=O. The standard InChI is InChI=1S/C18H25NO2/c1-17(2,3)15-6-13(12-4-5-12)9-19(16(15)20)14-7-18(8-14)10-21-11-18/h6,9,12,14H,4-5,7-8,10-11H2,1-3H3. The van der Waals surface area contributed by atoms with Crippen LogP contribution in [0, 0.1) is 5.41 Å². The van der Waals surface area contributed by atoms with Gasteiger partial charge < -0.3 is 9.30 Å². The minimum absolute atomic E-state index is 0.0786. The third kappa shape index (κ3) is 2.17. The summed E-state index contributed by atoms with van der Waals surface area (Å²) >= 11 is 0. The van der Waals surface area contributed by atoms with Gasteiger partial charge in [-0.1, -0.05) is 20.8 Å². The van der Waals surface area contributed by atoms with Crippen LogP contribution in [0.5, 0.6) is 0 Å². The van der Waals surface area contributed by atoms with Crippen LogP contribution in [0.25, 0.3) is 0 Å². The molecular weight excluding hydrogens is 262 g/mol. The molecule has 1 spiro atoms. The smallest absolute Gasteiger partial charge is 0.254 e. The molecule has 0 radical (unpaired) electrons. The summed E-state index contributed by atoms with van der Waals surface area (Å²) < 4.78 is 7.41. The van der Waals surface area contributed by atoms with Crippen molar-refractivity contribution >= 4 is 0 Å². The van der Waals surface area contributed by atoms with E-state index in [9.17, 15) is 4.79 Å². The lowest BCUT2D eigenvalue weighted by Gasteiger charge is -2.53. The van der Waals surface area contributed by atoms with Crippen molar-refractivity contribution in [3.05, 3.63) is 33.7 Å². The van der Waals surface area contributed by atoms with Crippen molar-refractivity contribution in [3.63, 3.8) is 0 Å². The molecule has 0 amide bonds. The normalized spacial score (nSPS) is 24.7. The van der Waals surface area contributed by atoms with Crippen LogP contribution in [0.3, 0.4) is 0 Å². The molecule has 0 unspecified atom stereocenters. The van der Waals surface area contributed by atoms with Gasteiger partial charge in [0.15, 0.2) is 0 Å². The lowest BCUT2D eigenvalue weighted by atomic mass is 9.64. The molecule has 3 fully saturated rings. The number of pyridine rings is 1. The van der Waals surface area contributed by atoms with E-state index in [0.29, 0.717) is 17.4 Å². The van der Waals surface area contributed by atoms with Crippen molar-refractivity contribution in [2.45, 2.75) is 63.8 Å². The number of ether oxygens (including phenoxy) is 1. The predicted molar refractivity (Wildman–Crippen MR) is 82.9 cm³/mol. The van der Waals surface area contributed by atoms with Gasteiger partial charge in [0.1, 0.15) is 0 Å². The lowest BCUT2D eigenvalue weighted by Crippen LogP contribution is -2.54. The Labute approximate surface area is 126 Å². The van der Waals surface area contributed by atoms with Gasteiger partial charge in [0.2, 0.25) is 0 Å². The first-order valence-corrected chi connectivity index (χ1v) is 8.22. The van der Waals surface area contributed by atoms with Gasteiger partial charge in [0, 0.05) is 23.2 Å². The molecular formula is C18H25NO2. The van der Waals surface area contributed by atoms with Crippen LogP contribution < -0.4 is 5.56 Å². The van der Waals surface area contributed by atoms with Gasteiger partial charge in [0.05, 0.1) is 13.2 Å². The van der Waals surface area contributed by atoms with Gasteiger partial charge in [0.25, 0.3) is 5.56 Å². The maximum Gasteiger partial charge on any atom is 0.254 e. The molecule has 1 aliphatic heterocycles. The van der Waals surface area contributed by atoms with Crippen LogP contribution in [0.15, 0.2) is 17.1 Å². The van der Waals surface area contributed by atoms with Crippen LogP contribution in [0.2, 0.25) is 0 Å². The zero-order valence-electron chi connectivity index (χ0n) is 13.3. The number of hydrogen-bond acceptors (Lipinski definition) is 2. The topological polar surface area (TPSA) is 31.2 Å². The van der Waals surface area contributed by atoms with Gasteiger partial charge >= 0.3 is 0 Å². The van der Waals surface area contributed by atoms with Gasteiger partial charge in [-0.15, -0.1) is 0 Å². The Morgan fingerprint density at radius 1 is 1.24 bits per heavy atom. The van der Waals surface area contributed by atoms with E-state index in [1.165, 1.54) is 18.4 Å². The quantitative estimate of drug-likeness (QED) is 0.835. The summed E-state index contributed by atoms with van der Waals surface area (Å²) in [7, 11) is 0. The number of rotatable bonds is 2. The molecule has 1 saturated heterocycles. The van der Waals surface area contributed by atoms with Crippen LogP contribution in [0.4, 0.5) is 0 Å². The second-order valence-electron chi connectivity index (χ2n) is 8.48. The molecule has 0 atom stereocenters.